The maximum atomic E-state index is 7.75. The Bertz CT molecular complexity index is 2070. The Morgan fingerprint density at radius 3 is 0.252 bits per heavy atom. The lowest BCUT2D eigenvalue weighted by Crippen LogP contribution is -3.02. The second-order valence-electron chi connectivity index (χ2n) is 33.7. The van der Waals surface area contributed by atoms with E-state index in [-0.39, 0.29) is 0 Å². The van der Waals surface area contributed by atoms with Crippen LogP contribution >= 0.6 is 0 Å². The summed E-state index contributed by atoms with van der Waals surface area (Å²) in [4.78, 5) is 0. The fourth-order valence-electron chi connectivity index (χ4n) is 21.7. The summed E-state index contributed by atoms with van der Waals surface area (Å²) >= 11 is 0. The fourth-order valence-corrected chi connectivity index (χ4v) is 21.7. The third kappa shape index (κ3) is 34.1. The first kappa shape index (κ1) is 127. The van der Waals surface area contributed by atoms with Crippen LogP contribution in [0.3, 0.4) is 0 Å². The SMILES string of the molecule is [B]B([B])B(B([B])[B])B(B(B([B])[B])B([B])[B])B(B(B(B([B])[B])B([B])[B])B(B([B])[B])B([B])[B])B(B(B(B([B])[B])B([B])[B][B-])B(B(B([B])[B])B([B])[B])B(B([B])[B-])B([B-])[B-])B(B(B(B(B([B])[B])B([B])[B])B(B([B])[B])B([B])[B])B(B(B([B])[B])B([B])[B])B(B([B])[B])B([B])[B])B(B(B(B([B])[B])B([B])[B])B(B([B])[B])B([B])[B])B(B(B([B])[B])B([B])[B])B(B([B])[B])B([B])[B]. The molecule has 0 bridgehead atoms. The number of hydrogen-bond donors (Lipinski definition) is 0. The van der Waals surface area contributed by atoms with E-state index in [0.29, 0.717) is 0 Å². The highest BCUT2D eigenvalue weighted by Gasteiger charge is 2.70. The van der Waals surface area contributed by atoms with Crippen molar-refractivity contribution in [3.63, 3.8) is 0 Å². The molecule has 0 heterocycles. The van der Waals surface area contributed by atoms with Crippen LogP contribution in [-0.4, -0.2) is 842 Å². The second-order valence-corrected chi connectivity index (χ2v) is 33.7. The molecule has 0 aliphatic heterocycles. The maximum Gasteiger partial charge on any atom is 0 e. The average Bonchev–Trinajstić information content (AvgIpc) is 0.701. The third-order valence-electron chi connectivity index (χ3n) is 25.6. The summed E-state index contributed by atoms with van der Waals surface area (Å²) in [6, 6.07) is 0. The molecule has 0 aromatic carbocycles. The van der Waals surface area contributed by atoms with Gasteiger partial charge in [0, 0.05) is 248 Å². The van der Waals surface area contributed by atoms with Gasteiger partial charge in [-0.15, -0.1) is 6.39 Å². The van der Waals surface area contributed by atoms with Gasteiger partial charge >= 0.3 is 0 Å². The second kappa shape index (κ2) is 58.6. The Hall–Kier alpha value is 7.73. The van der Waals surface area contributed by atoms with Crippen LogP contribution in [0.15, 0.2) is 0 Å². The average molecular weight is 1290 g/mol. The highest BCUT2D eigenvalue weighted by molar-refractivity contribution is 8.46. The summed E-state index contributed by atoms with van der Waals surface area (Å²) in [5.74, 6) is 0. The zero-order chi connectivity index (χ0) is 94.2. The van der Waals surface area contributed by atoms with Gasteiger partial charge in [-0.25, -0.2) is 6.39 Å². The van der Waals surface area contributed by atoms with E-state index in [0.717, 1.165) is 7.06 Å². The van der Waals surface area contributed by atoms with E-state index in [1.54, 1.807) is 0 Å². The van der Waals surface area contributed by atoms with Gasteiger partial charge < -0.3 is 37.3 Å². The Balaban J connectivity index is 16.5. The quantitative estimate of drug-likeness (QED) is 0.0533. The van der Waals surface area contributed by atoms with Crippen molar-refractivity contribution < 1.29 is 0 Å². The van der Waals surface area contributed by atoms with Crippen LogP contribution in [0.1, 0.15) is 0 Å². The topological polar surface area (TPSA) is 0 Å². The molecule has 0 amide bonds. The van der Waals surface area contributed by atoms with Crippen LogP contribution in [-0.2, 0) is 0 Å². The monoisotopic (exact) mass is 1310 g/mol. The maximum absolute atomic E-state index is 7.75. The summed E-state index contributed by atoms with van der Waals surface area (Å²) < 4.78 is 0. The lowest BCUT2D eigenvalue weighted by Gasteiger charge is -2.66. The molecule has 0 aromatic heterocycles. The zero-order valence-electron chi connectivity index (χ0n) is 68.7. The van der Waals surface area contributed by atoms with Crippen molar-refractivity contribution in [2.24, 2.45) is 0 Å². The van der Waals surface area contributed by atoms with Gasteiger partial charge in [0.15, 0.2) is 0 Å². The van der Waals surface area contributed by atoms with Crippen LogP contribution in [0.4, 0.5) is 0 Å². The molecule has 0 saturated carbocycles. The van der Waals surface area contributed by atoms with Gasteiger partial charge in [0.2, 0.25) is 0 Å². The molecule has 361 valence electrons. The number of rotatable bonds is 58. The summed E-state index contributed by atoms with van der Waals surface area (Å²) in [7, 11) is 440. The van der Waals surface area contributed by atoms with Gasteiger partial charge in [-0.2, -0.15) is 0 Å². The number of hydrogen-bond acceptors (Lipinski definition) is 0. The van der Waals surface area contributed by atoms with E-state index in [1.165, 1.54) is 0 Å². The summed E-state index contributed by atoms with van der Waals surface area (Å²) in [6.07, 6.45) is -121. The van der Waals surface area contributed by atoms with Crippen molar-refractivity contribution in [3.05, 3.63) is 0 Å². The van der Waals surface area contributed by atoms with E-state index in [1.807, 2.05) is 0 Å². The minimum atomic E-state index is -2.64. The molecule has 119 heteroatoms. The minimum absolute atomic E-state index is 0.901. The van der Waals surface area contributed by atoms with Gasteiger partial charge in [-0.3, -0.25) is 7.06 Å². The van der Waals surface area contributed by atoms with Crippen molar-refractivity contribution in [2.45, 2.75) is 0 Å². The molecule has 0 aliphatic rings. The molecule has 0 fully saturated rings. The lowest BCUT2D eigenvalue weighted by atomic mass is 8.17. The molecule has 0 unspecified atom stereocenters. The van der Waals surface area contributed by atoms with Crippen molar-refractivity contribution in [2.75, 3.05) is 0 Å². The van der Waals surface area contributed by atoms with Crippen LogP contribution in [0.5, 0.6) is 0 Å². The van der Waals surface area contributed by atoms with Crippen molar-refractivity contribution in [3.8, 4) is 0 Å². The molecule has 125 radical (unpaired) electrons. The molecule has 0 rings (SSSR count). The molecule has 119 heavy (non-hydrogen) atoms. The van der Waals surface area contributed by atoms with Crippen molar-refractivity contribution >= 4 is 842 Å². The Labute approximate surface area is 832 Å². The fraction of sp³-hybridized carbons (Fsp3) is 0. The first-order valence-electron chi connectivity index (χ1n) is 39.3. The Morgan fingerprint density at radius 1 is 0.109 bits per heavy atom. The smallest absolute Gasteiger partial charge is 0 e. The van der Waals surface area contributed by atoms with Gasteiger partial charge in [0.05, 0.1) is 0 Å². The van der Waals surface area contributed by atoms with E-state index < -0.39 is 370 Å². The standard InChI is InChI=1S/B119/c1-61-91(60)106(90(58)59)114(107(92(62(2)3)63(4)5)93(64(6)7)65(8)9)118(115(108(94(66(10)11)67(12)13)95(68(14)15)69(16)17)109(96(70(18)19)71(20)21)97(72(22)23)73(24)25)119(116(110(98(74(26)27)75(28)29)99(76(30)31)77(32)33)111(100(78(34)35)79(36)37)101(80(38)39)81(40)41)117(112(102(82(42)43)83(44)45)103(84(46)47)85(48)49)113(104(86(50)51)87(52)53)105(88(54)55)89(56)57/q-4. The van der Waals surface area contributed by atoms with Gasteiger partial charge in [0.1, 0.15) is 0 Å². The first-order chi connectivity index (χ1) is 54.2. The van der Waals surface area contributed by atoms with E-state index >= 15 is 0 Å². The van der Waals surface area contributed by atoms with Crippen LogP contribution in [0, 0.1) is 0 Å². The van der Waals surface area contributed by atoms with Gasteiger partial charge in [-0.05, 0) is 537 Å². The highest BCUT2D eigenvalue weighted by Crippen LogP contribution is 2.32. The molecule has 0 nitrogen and oxygen atoms in total. The Morgan fingerprint density at radius 2 is 0.185 bits per heavy atom. The first-order valence-corrected chi connectivity index (χ1v) is 39.3. The third-order valence-corrected chi connectivity index (χ3v) is 25.6. The predicted octanol–water partition coefficient (Wildman–Crippen LogP) is -45.3. The largest absolute Gasteiger partial charge is 0.729 e. The summed E-state index contributed by atoms with van der Waals surface area (Å²) in [6.45, 7) is 0. The van der Waals surface area contributed by atoms with E-state index in [4.69, 9.17) is 464 Å². The molecule has 0 aliphatic carbocycles. The van der Waals surface area contributed by atoms with Crippen molar-refractivity contribution in [1.29, 1.82) is 0 Å². The summed E-state index contributed by atoms with van der Waals surface area (Å²) in [5.41, 5.74) is 0. The van der Waals surface area contributed by atoms with Gasteiger partial charge in [-0.1, -0.05) is 0 Å². The normalized spacial score (nSPS) is 9.88. The van der Waals surface area contributed by atoms with E-state index in [9.17, 15) is 0 Å². The molecule has 0 aromatic rings. The Kier molecular flexibility index (Phi) is 62.4. The molecule has 0 atom stereocenters. The van der Waals surface area contributed by atoms with Gasteiger partial charge in [0.25, 0.3) is 0 Å². The molecule has 0 spiro atoms. The lowest BCUT2D eigenvalue weighted by molar-refractivity contribution is 3.11. The zero-order valence-corrected chi connectivity index (χ0v) is 68.7. The molecular formula is B119-4. The molecule has 0 saturated heterocycles. The van der Waals surface area contributed by atoms with Crippen LogP contribution in [0.2, 0.25) is 0 Å². The van der Waals surface area contributed by atoms with Crippen LogP contribution < -0.4 is 0 Å². The molecule has 0 N–H and O–H groups in total. The van der Waals surface area contributed by atoms with E-state index in [2.05, 4.69) is 0 Å². The van der Waals surface area contributed by atoms with Crippen LogP contribution in [0.25, 0.3) is 0 Å². The summed E-state index contributed by atoms with van der Waals surface area (Å²) in [5, 5.41) is 0. The van der Waals surface area contributed by atoms with Crippen molar-refractivity contribution in [1.82, 2.24) is 0 Å². The molecular weight excluding hydrogens is 1290 g/mol. The predicted molar refractivity (Wildman–Crippen MR) is 685 cm³/mol. The highest BCUT2D eigenvalue weighted by atomic mass is 13.5. The minimum Gasteiger partial charge on any atom is -0.729 e.